The molecule has 1 aromatic carbocycles. The molecule has 1 unspecified atom stereocenters. The largest absolute Gasteiger partial charge is 0.394 e. The third kappa shape index (κ3) is 2.76. The maximum Gasteiger partial charge on any atom is 0.0613 e. The third-order valence-electron chi connectivity index (χ3n) is 4.44. The van der Waals surface area contributed by atoms with Gasteiger partial charge in [0.2, 0.25) is 0 Å². The number of benzene rings is 1. The minimum atomic E-state index is -0.106. The van der Waals surface area contributed by atoms with Crippen LogP contribution in [0.5, 0.6) is 0 Å². The molecule has 18 heavy (non-hydrogen) atoms. The lowest BCUT2D eigenvalue weighted by Crippen LogP contribution is -2.47. The molecule has 2 N–H and O–H groups in total. The lowest BCUT2D eigenvalue weighted by molar-refractivity contribution is 0.153. The van der Waals surface area contributed by atoms with Crippen molar-refractivity contribution in [3.8, 4) is 0 Å². The van der Waals surface area contributed by atoms with Crippen LogP contribution >= 0.6 is 0 Å². The predicted octanol–water partition coefficient (Wildman–Crippen LogP) is 2.86. The number of aryl methyl sites for hydroxylation is 3. The smallest absolute Gasteiger partial charge is 0.0613 e. The van der Waals surface area contributed by atoms with E-state index in [1.807, 2.05) is 0 Å². The highest BCUT2D eigenvalue weighted by molar-refractivity contribution is 5.36. The number of aliphatic hydroxyl groups is 1. The molecule has 1 fully saturated rings. The van der Waals surface area contributed by atoms with Crippen molar-refractivity contribution in [2.45, 2.75) is 52.6 Å². The van der Waals surface area contributed by atoms with E-state index < -0.39 is 0 Å². The molecule has 1 aliphatic carbocycles. The molecule has 0 aliphatic heterocycles. The minimum Gasteiger partial charge on any atom is -0.394 e. The van der Waals surface area contributed by atoms with Crippen molar-refractivity contribution in [1.29, 1.82) is 0 Å². The van der Waals surface area contributed by atoms with Crippen LogP contribution in [0.3, 0.4) is 0 Å². The van der Waals surface area contributed by atoms with Crippen LogP contribution in [0.15, 0.2) is 12.1 Å². The average molecular weight is 247 g/mol. The molecule has 1 aromatic rings. The SMILES string of the molecule is Cc1cc(C)c(CNC(C)(CO)C2CC2)cc1C. The van der Waals surface area contributed by atoms with Crippen LogP contribution in [0.4, 0.5) is 0 Å². The topological polar surface area (TPSA) is 32.3 Å². The molecule has 2 heteroatoms. The fourth-order valence-electron chi connectivity index (χ4n) is 2.56. The van der Waals surface area contributed by atoms with Gasteiger partial charge in [0.25, 0.3) is 0 Å². The van der Waals surface area contributed by atoms with Gasteiger partial charge < -0.3 is 10.4 Å². The Labute approximate surface area is 110 Å². The van der Waals surface area contributed by atoms with E-state index in [0.717, 1.165) is 6.54 Å². The highest BCUT2D eigenvalue weighted by Gasteiger charge is 2.40. The monoisotopic (exact) mass is 247 g/mol. The number of hydrogen-bond acceptors (Lipinski definition) is 2. The first-order chi connectivity index (χ1) is 8.46. The molecule has 2 rings (SSSR count). The van der Waals surface area contributed by atoms with Gasteiger partial charge in [-0.2, -0.15) is 0 Å². The first kappa shape index (κ1) is 13.6. The molecule has 1 saturated carbocycles. The van der Waals surface area contributed by atoms with Gasteiger partial charge in [-0.15, -0.1) is 0 Å². The van der Waals surface area contributed by atoms with Crippen LogP contribution in [-0.4, -0.2) is 17.3 Å². The predicted molar refractivity (Wildman–Crippen MR) is 75.7 cm³/mol. The van der Waals surface area contributed by atoms with E-state index >= 15 is 0 Å². The van der Waals surface area contributed by atoms with Gasteiger partial charge in [-0.25, -0.2) is 0 Å². The quantitative estimate of drug-likeness (QED) is 0.838. The van der Waals surface area contributed by atoms with E-state index in [0.29, 0.717) is 5.92 Å². The second kappa shape index (κ2) is 5.02. The maximum absolute atomic E-state index is 9.58. The van der Waals surface area contributed by atoms with Crippen molar-refractivity contribution in [2.24, 2.45) is 5.92 Å². The Kier molecular flexibility index (Phi) is 3.79. The van der Waals surface area contributed by atoms with Gasteiger partial charge in [0, 0.05) is 12.1 Å². The van der Waals surface area contributed by atoms with Gasteiger partial charge in [-0.1, -0.05) is 12.1 Å². The van der Waals surface area contributed by atoms with Crippen LogP contribution < -0.4 is 5.32 Å². The molecule has 0 bridgehead atoms. The third-order valence-corrected chi connectivity index (χ3v) is 4.44. The standard InChI is InChI=1S/C16H25NO/c1-11-7-13(3)14(8-12(11)2)9-17-16(4,10-18)15-5-6-15/h7-8,15,17-18H,5-6,9-10H2,1-4H3. The lowest BCUT2D eigenvalue weighted by atomic mass is 9.95. The van der Waals surface area contributed by atoms with Gasteiger partial charge in [0.05, 0.1) is 6.61 Å². The van der Waals surface area contributed by atoms with Gasteiger partial charge in [0.15, 0.2) is 0 Å². The fourth-order valence-corrected chi connectivity index (χ4v) is 2.56. The highest BCUT2D eigenvalue weighted by Crippen LogP contribution is 2.39. The first-order valence-electron chi connectivity index (χ1n) is 6.89. The Hall–Kier alpha value is -0.860. The number of nitrogens with one attached hydrogen (secondary N) is 1. The fraction of sp³-hybridized carbons (Fsp3) is 0.625. The molecule has 1 aliphatic rings. The molecule has 0 aromatic heterocycles. The highest BCUT2D eigenvalue weighted by atomic mass is 16.3. The van der Waals surface area contributed by atoms with Crippen molar-refractivity contribution < 1.29 is 5.11 Å². The van der Waals surface area contributed by atoms with Crippen molar-refractivity contribution in [2.75, 3.05) is 6.61 Å². The average Bonchev–Trinajstić information content (AvgIpc) is 3.16. The Morgan fingerprint density at radius 2 is 1.78 bits per heavy atom. The van der Waals surface area contributed by atoms with E-state index in [9.17, 15) is 5.11 Å². The summed E-state index contributed by atoms with van der Waals surface area (Å²) in [5.74, 6) is 0.648. The normalized spacial score (nSPS) is 18.7. The van der Waals surface area contributed by atoms with E-state index in [1.165, 1.54) is 35.1 Å². The van der Waals surface area contributed by atoms with Crippen LogP contribution in [0.1, 0.15) is 42.0 Å². The Morgan fingerprint density at radius 1 is 1.17 bits per heavy atom. The molecule has 2 nitrogen and oxygen atoms in total. The molecule has 0 heterocycles. The molecular weight excluding hydrogens is 222 g/mol. The van der Waals surface area contributed by atoms with E-state index in [2.05, 4.69) is 45.1 Å². The van der Waals surface area contributed by atoms with Gasteiger partial charge in [-0.3, -0.25) is 0 Å². The Morgan fingerprint density at radius 3 is 2.33 bits per heavy atom. The zero-order chi connectivity index (χ0) is 13.3. The van der Waals surface area contributed by atoms with Crippen LogP contribution in [0, 0.1) is 26.7 Å². The minimum absolute atomic E-state index is 0.106. The molecular formula is C16H25NO. The molecule has 0 radical (unpaired) electrons. The number of rotatable bonds is 5. The van der Waals surface area contributed by atoms with E-state index in [-0.39, 0.29) is 12.1 Å². The van der Waals surface area contributed by atoms with Crippen LogP contribution in [0.2, 0.25) is 0 Å². The number of aliphatic hydroxyl groups excluding tert-OH is 1. The molecule has 1 atom stereocenters. The van der Waals surface area contributed by atoms with Crippen LogP contribution in [0.25, 0.3) is 0 Å². The summed E-state index contributed by atoms with van der Waals surface area (Å²) in [6, 6.07) is 4.52. The molecule has 0 amide bonds. The Balaban J connectivity index is 2.07. The van der Waals surface area contributed by atoms with E-state index in [4.69, 9.17) is 0 Å². The van der Waals surface area contributed by atoms with Crippen molar-refractivity contribution in [1.82, 2.24) is 5.32 Å². The summed E-state index contributed by atoms with van der Waals surface area (Å²) in [5.41, 5.74) is 5.27. The molecule has 0 saturated heterocycles. The lowest BCUT2D eigenvalue weighted by Gasteiger charge is -2.29. The second-order valence-corrected chi connectivity index (χ2v) is 6.07. The summed E-state index contributed by atoms with van der Waals surface area (Å²) in [6.45, 7) is 9.69. The van der Waals surface area contributed by atoms with Gasteiger partial charge in [-0.05, 0) is 68.7 Å². The summed E-state index contributed by atoms with van der Waals surface area (Å²) in [7, 11) is 0. The van der Waals surface area contributed by atoms with Gasteiger partial charge >= 0.3 is 0 Å². The summed E-state index contributed by atoms with van der Waals surface area (Å²) in [4.78, 5) is 0. The van der Waals surface area contributed by atoms with Crippen molar-refractivity contribution in [3.63, 3.8) is 0 Å². The Bertz CT molecular complexity index is 437. The molecule has 0 spiro atoms. The zero-order valence-electron chi connectivity index (χ0n) is 12.0. The summed E-state index contributed by atoms with van der Waals surface area (Å²) in [5, 5.41) is 13.1. The molecule has 100 valence electrons. The maximum atomic E-state index is 9.58. The van der Waals surface area contributed by atoms with Crippen molar-refractivity contribution >= 4 is 0 Å². The van der Waals surface area contributed by atoms with Crippen LogP contribution in [-0.2, 0) is 6.54 Å². The zero-order valence-corrected chi connectivity index (χ0v) is 12.0. The first-order valence-corrected chi connectivity index (χ1v) is 6.89. The van der Waals surface area contributed by atoms with Gasteiger partial charge in [0.1, 0.15) is 0 Å². The van der Waals surface area contributed by atoms with E-state index in [1.54, 1.807) is 0 Å². The summed E-state index contributed by atoms with van der Waals surface area (Å²) in [6.07, 6.45) is 2.49. The second-order valence-electron chi connectivity index (χ2n) is 6.07. The van der Waals surface area contributed by atoms with Crippen molar-refractivity contribution in [3.05, 3.63) is 34.4 Å². The number of hydrogen-bond donors (Lipinski definition) is 2. The summed E-state index contributed by atoms with van der Waals surface area (Å²) < 4.78 is 0. The summed E-state index contributed by atoms with van der Waals surface area (Å²) >= 11 is 0.